The van der Waals surface area contributed by atoms with Crippen LogP contribution >= 0.6 is 0 Å². The van der Waals surface area contributed by atoms with Gasteiger partial charge in [0.15, 0.2) is 5.78 Å². The minimum absolute atomic E-state index is 0.134. The maximum absolute atomic E-state index is 13.5. The standard InChI is InChI=1S/C22H22N6O2S/c1-12-25-17-7-5-14(8-19(17)26-12)28-21(23)16(11-24-28)20(29)22(2)10-13-4-6-15(31(3)30)9-18(13)27-22/h4-9,11,27H,10,23H2,1-3H3,(H,25,26). The van der Waals surface area contributed by atoms with E-state index in [1.807, 2.05) is 50.2 Å². The third-order valence-corrected chi connectivity index (χ3v) is 6.67. The molecule has 2 aromatic carbocycles. The molecule has 158 valence electrons. The molecule has 4 aromatic rings. The first-order valence-electron chi connectivity index (χ1n) is 9.85. The van der Waals surface area contributed by atoms with Crippen molar-refractivity contribution < 1.29 is 9.00 Å². The first-order chi connectivity index (χ1) is 14.7. The third kappa shape index (κ3) is 3.12. The molecular weight excluding hydrogens is 412 g/mol. The molecule has 2 aromatic heterocycles. The number of nitrogens with two attached hydrogens (primary N) is 1. The molecule has 9 heteroatoms. The van der Waals surface area contributed by atoms with E-state index in [0.29, 0.717) is 12.0 Å². The van der Waals surface area contributed by atoms with Gasteiger partial charge in [-0.2, -0.15) is 5.10 Å². The first kappa shape index (κ1) is 19.5. The molecule has 0 saturated carbocycles. The molecule has 8 nitrogen and oxygen atoms in total. The lowest BCUT2D eigenvalue weighted by Gasteiger charge is -2.23. The summed E-state index contributed by atoms with van der Waals surface area (Å²) < 4.78 is 13.4. The van der Waals surface area contributed by atoms with Crippen LogP contribution in [0, 0.1) is 6.92 Å². The summed E-state index contributed by atoms with van der Waals surface area (Å²) in [5, 5.41) is 7.70. The van der Waals surface area contributed by atoms with Gasteiger partial charge in [0.2, 0.25) is 0 Å². The summed E-state index contributed by atoms with van der Waals surface area (Å²) in [4.78, 5) is 21.8. The first-order valence-corrected chi connectivity index (χ1v) is 11.4. The van der Waals surface area contributed by atoms with Crippen LogP contribution in [0.5, 0.6) is 0 Å². The zero-order valence-corrected chi connectivity index (χ0v) is 18.2. The number of nitrogens with zero attached hydrogens (tertiary/aromatic N) is 3. The molecule has 0 saturated heterocycles. The Morgan fingerprint density at radius 3 is 2.84 bits per heavy atom. The number of aromatic nitrogens is 4. The number of rotatable bonds is 4. The summed E-state index contributed by atoms with van der Waals surface area (Å²) in [5.41, 5.74) is 10.2. The van der Waals surface area contributed by atoms with E-state index in [4.69, 9.17) is 5.73 Å². The summed E-state index contributed by atoms with van der Waals surface area (Å²) in [6.07, 6.45) is 3.67. The highest BCUT2D eigenvalue weighted by Gasteiger charge is 2.41. The Morgan fingerprint density at radius 2 is 2.06 bits per heavy atom. The summed E-state index contributed by atoms with van der Waals surface area (Å²) in [6, 6.07) is 11.3. The average molecular weight is 435 g/mol. The zero-order chi connectivity index (χ0) is 21.9. The smallest absolute Gasteiger partial charge is 0.193 e. The Kier molecular flexibility index (Phi) is 4.26. The Balaban J connectivity index is 1.47. The van der Waals surface area contributed by atoms with Crippen LogP contribution in [0.2, 0.25) is 0 Å². The molecule has 2 unspecified atom stereocenters. The number of Topliss-reactive ketones (excluding diaryl/α,β-unsaturated/α-hetero) is 1. The second-order valence-corrected chi connectivity index (χ2v) is 9.49. The van der Waals surface area contributed by atoms with Gasteiger partial charge in [-0.25, -0.2) is 9.67 Å². The molecule has 1 aliphatic heterocycles. The minimum atomic E-state index is -1.09. The Labute approximate surface area is 181 Å². The number of nitrogen functional groups attached to an aromatic ring is 1. The molecule has 0 fully saturated rings. The van der Waals surface area contributed by atoms with Crippen molar-refractivity contribution in [1.82, 2.24) is 19.7 Å². The monoisotopic (exact) mass is 434 g/mol. The van der Waals surface area contributed by atoms with Crippen LogP contribution < -0.4 is 11.1 Å². The van der Waals surface area contributed by atoms with Gasteiger partial charge in [-0.3, -0.25) is 9.00 Å². The highest BCUT2D eigenvalue weighted by molar-refractivity contribution is 7.84. The lowest BCUT2D eigenvalue weighted by Crippen LogP contribution is -2.41. The second-order valence-electron chi connectivity index (χ2n) is 8.12. The minimum Gasteiger partial charge on any atom is -0.383 e. The van der Waals surface area contributed by atoms with Crippen LogP contribution in [0.3, 0.4) is 0 Å². The topological polar surface area (TPSA) is 119 Å². The molecule has 1 aliphatic rings. The molecule has 0 radical (unpaired) electrons. The summed E-state index contributed by atoms with van der Waals surface area (Å²) >= 11 is 0. The molecule has 4 N–H and O–H groups in total. The number of fused-ring (bicyclic) bond motifs is 2. The van der Waals surface area contributed by atoms with Gasteiger partial charge in [0.1, 0.15) is 17.2 Å². The predicted molar refractivity (Wildman–Crippen MR) is 121 cm³/mol. The number of carbonyl (C=O) groups is 1. The Morgan fingerprint density at radius 1 is 1.26 bits per heavy atom. The van der Waals surface area contributed by atoms with E-state index in [9.17, 15) is 9.00 Å². The van der Waals surface area contributed by atoms with Crippen LogP contribution in [-0.2, 0) is 17.2 Å². The van der Waals surface area contributed by atoms with Crippen molar-refractivity contribution in [1.29, 1.82) is 0 Å². The Bertz CT molecular complexity index is 1390. The molecule has 31 heavy (non-hydrogen) atoms. The molecule has 3 heterocycles. The number of carbonyl (C=O) groups excluding carboxylic acids is 1. The van der Waals surface area contributed by atoms with Gasteiger partial charge in [0.05, 0.1) is 28.5 Å². The fraction of sp³-hybridized carbons (Fsp3) is 0.227. The number of aryl methyl sites for hydroxylation is 1. The number of hydrogen-bond donors (Lipinski definition) is 3. The van der Waals surface area contributed by atoms with Crippen molar-refractivity contribution in [3.8, 4) is 5.69 Å². The molecule has 0 amide bonds. The van der Waals surface area contributed by atoms with Crippen LogP contribution in [0.4, 0.5) is 11.5 Å². The maximum Gasteiger partial charge on any atom is 0.193 e. The van der Waals surface area contributed by atoms with E-state index >= 15 is 0 Å². The number of H-pyrrole nitrogens is 1. The van der Waals surface area contributed by atoms with Gasteiger partial charge in [-0.15, -0.1) is 0 Å². The molecule has 0 aliphatic carbocycles. The normalized spacial score (nSPS) is 18.7. The van der Waals surface area contributed by atoms with Gasteiger partial charge in [-0.05, 0) is 49.7 Å². The van der Waals surface area contributed by atoms with Gasteiger partial charge in [0.25, 0.3) is 0 Å². The average Bonchev–Trinajstić information content (AvgIpc) is 3.39. The van der Waals surface area contributed by atoms with E-state index in [-0.39, 0.29) is 11.6 Å². The molecule has 2 atom stereocenters. The van der Waals surface area contributed by atoms with Crippen LogP contribution in [0.25, 0.3) is 16.7 Å². The summed E-state index contributed by atoms with van der Waals surface area (Å²) in [6.45, 7) is 3.75. The SMILES string of the molecule is Cc1nc2ccc(-n3ncc(C(=O)C4(C)Cc5ccc(S(C)=O)cc5N4)c3N)cc2[nH]1. The summed E-state index contributed by atoms with van der Waals surface area (Å²) in [7, 11) is -1.09. The van der Waals surface area contributed by atoms with Crippen molar-refractivity contribution in [3.05, 3.63) is 59.5 Å². The van der Waals surface area contributed by atoms with Gasteiger partial charge < -0.3 is 16.0 Å². The lowest BCUT2D eigenvalue weighted by atomic mass is 9.89. The van der Waals surface area contributed by atoms with Crippen LogP contribution in [0.15, 0.2) is 47.5 Å². The molecule has 0 spiro atoms. The highest BCUT2D eigenvalue weighted by atomic mass is 32.2. The van der Waals surface area contributed by atoms with Gasteiger partial charge >= 0.3 is 0 Å². The van der Waals surface area contributed by atoms with Crippen molar-refractivity contribution in [2.45, 2.75) is 30.7 Å². The number of anilines is 2. The predicted octanol–water partition coefficient (Wildman–Crippen LogP) is 2.99. The number of imidazole rings is 1. The van der Waals surface area contributed by atoms with E-state index in [0.717, 1.165) is 38.7 Å². The number of ketones is 1. The van der Waals surface area contributed by atoms with Crippen molar-refractivity contribution in [2.75, 3.05) is 17.3 Å². The second kappa shape index (κ2) is 6.78. The van der Waals surface area contributed by atoms with Crippen LogP contribution in [-0.4, -0.2) is 41.5 Å². The van der Waals surface area contributed by atoms with E-state index in [1.165, 1.54) is 6.20 Å². The Hall–Kier alpha value is -3.46. The number of benzene rings is 2. The fourth-order valence-electron chi connectivity index (χ4n) is 4.16. The van der Waals surface area contributed by atoms with E-state index in [2.05, 4.69) is 20.4 Å². The molecule has 0 bridgehead atoms. The zero-order valence-electron chi connectivity index (χ0n) is 17.4. The van der Waals surface area contributed by atoms with Crippen molar-refractivity contribution in [2.24, 2.45) is 0 Å². The molecular formula is C22H22N6O2S. The largest absolute Gasteiger partial charge is 0.383 e. The van der Waals surface area contributed by atoms with Crippen LogP contribution in [0.1, 0.15) is 28.7 Å². The number of aromatic amines is 1. The molecule has 5 rings (SSSR count). The highest BCUT2D eigenvalue weighted by Crippen LogP contribution is 2.36. The summed E-state index contributed by atoms with van der Waals surface area (Å²) in [5.74, 6) is 0.978. The quantitative estimate of drug-likeness (QED) is 0.425. The lowest BCUT2D eigenvalue weighted by molar-refractivity contribution is 0.0921. The van der Waals surface area contributed by atoms with Gasteiger partial charge in [-0.1, -0.05) is 6.07 Å². The number of nitrogens with one attached hydrogen (secondary N) is 2. The fourth-order valence-corrected chi connectivity index (χ4v) is 4.70. The number of hydrogen-bond acceptors (Lipinski definition) is 6. The van der Waals surface area contributed by atoms with Gasteiger partial charge in [0, 0.05) is 34.1 Å². The maximum atomic E-state index is 13.5. The third-order valence-electron chi connectivity index (χ3n) is 5.75. The van der Waals surface area contributed by atoms with Crippen molar-refractivity contribution in [3.63, 3.8) is 0 Å². The van der Waals surface area contributed by atoms with E-state index in [1.54, 1.807) is 10.9 Å². The van der Waals surface area contributed by atoms with E-state index < -0.39 is 16.3 Å². The van der Waals surface area contributed by atoms with Crippen molar-refractivity contribution >= 4 is 39.1 Å².